The van der Waals surface area contributed by atoms with Crippen molar-refractivity contribution in [1.82, 2.24) is 14.9 Å². The molecule has 1 aliphatic carbocycles. The monoisotopic (exact) mass is 348 g/mol. The number of anilines is 1. The Morgan fingerprint density at radius 1 is 1.40 bits per heavy atom. The third-order valence-corrected chi connectivity index (χ3v) is 4.35. The van der Waals surface area contributed by atoms with Crippen LogP contribution in [0.5, 0.6) is 0 Å². The minimum Gasteiger partial charge on any atom is -0.460 e. The molecule has 1 saturated carbocycles. The Morgan fingerprint density at radius 2 is 2.16 bits per heavy atom. The first-order chi connectivity index (χ1) is 11.8. The molecule has 1 amide bonds. The number of nitrogens with one attached hydrogen (secondary N) is 1. The fourth-order valence-corrected chi connectivity index (χ4v) is 3.27. The van der Waals surface area contributed by atoms with Crippen LogP contribution >= 0.6 is 0 Å². The van der Waals surface area contributed by atoms with Gasteiger partial charge in [0, 0.05) is 18.7 Å². The molecule has 1 aromatic heterocycles. The second kappa shape index (κ2) is 6.50. The van der Waals surface area contributed by atoms with Crippen molar-refractivity contribution < 1.29 is 19.1 Å². The van der Waals surface area contributed by atoms with Gasteiger partial charge in [0.2, 0.25) is 5.82 Å². The largest absolute Gasteiger partial charge is 0.460 e. The summed E-state index contributed by atoms with van der Waals surface area (Å²) in [6.07, 6.45) is 2.19. The lowest BCUT2D eigenvalue weighted by molar-refractivity contribution is 0.0239. The van der Waals surface area contributed by atoms with Gasteiger partial charge in [0.05, 0.1) is 18.7 Å². The molecule has 0 unspecified atom stereocenters. The van der Waals surface area contributed by atoms with Crippen LogP contribution in [0, 0.1) is 5.92 Å². The summed E-state index contributed by atoms with van der Waals surface area (Å²) in [4.78, 5) is 34.0. The van der Waals surface area contributed by atoms with Crippen LogP contribution in [0.15, 0.2) is 12.3 Å². The predicted octanol–water partition coefficient (Wildman–Crippen LogP) is 2.07. The zero-order valence-corrected chi connectivity index (χ0v) is 15.0. The molecule has 2 aliphatic heterocycles. The molecule has 0 radical (unpaired) electrons. The molecule has 136 valence electrons. The fourth-order valence-electron chi connectivity index (χ4n) is 3.27. The van der Waals surface area contributed by atoms with Gasteiger partial charge in [0.15, 0.2) is 0 Å². The molecule has 0 spiro atoms. The lowest BCUT2D eigenvalue weighted by Crippen LogP contribution is -2.50. The minimum absolute atomic E-state index is 0.0301. The summed E-state index contributed by atoms with van der Waals surface area (Å²) in [5, 5.41) is 3.32. The molecular weight excluding hydrogens is 324 g/mol. The number of fused-ring (bicyclic) bond motifs is 1. The number of carbonyl (C=O) groups is 2. The average Bonchev–Trinajstić information content (AvgIpc) is 3.11. The van der Waals surface area contributed by atoms with Gasteiger partial charge in [-0.3, -0.25) is 0 Å². The normalized spacial score (nSPS) is 24.5. The maximum atomic E-state index is 12.3. The third-order valence-electron chi connectivity index (χ3n) is 4.35. The van der Waals surface area contributed by atoms with Gasteiger partial charge < -0.3 is 19.7 Å². The molecule has 3 fully saturated rings. The van der Waals surface area contributed by atoms with Gasteiger partial charge in [0.1, 0.15) is 11.4 Å². The molecule has 1 N–H and O–H groups in total. The van der Waals surface area contributed by atoms with Crippen molar-refractivity contribution in [2.45, 2.75) is 51.8 Å². The van der Waals surface area contributed by atoms with Crippen molar-refractivity contribution in [2.75, 3.05) is 18.5 Å². The van der Waals surface area contributed by atoms with Gasteiger partial charge in [-0.2, -0.15) is 0 Å². The maximum absolute atomic E-state index is 12.3. The van der Waals surface area contributed by atoms with Crippen molar-refractivity contribution >= 4 is 17.9 Å². The molecule has 3 heterocycles. The first kappa shape index (κ1) is 17.4. The summed E-state index contributed by atoms with van der Waals surface area (Å²) in [5.74, 6) is 0.406. The van der Waals surface area contributed by atoms with E-state index in [1.54, 1.807) is 17.9 Å². The number of esters is 1. The van der Waals surface area contributed by atoms with Gasteiger partial charge in [-0.1, -0.05) is 0 Å². The van der Waals surface area contributed by atoms with Crippen molar-refractivity contribution in [3.63, 3.8) is 0 Å². The number of carbonyl (C=O) groups excluding carboxylic acids is 2. The molecule has 25 heavy (non-hydrogen) atoms. The number of ether oxygens (including phenoxy) is 2. The van der Waals surface area contributed by atoms with Crippen molar-refractivity contribution in [3.8, 4) is 0 Å². The summed E-state index contributed by atoms with van der Waals surface area (Å²) in [6.45, 7) is 8.26. The summed E-state index contributed by atoms with van der Waals surface area (Å²) in [7, 11) is 0. The molecule has 3 atom stereocenters. The highest BCUT2D eigenvalue weighted by molar-refractivity contribution is 5.85. The van der Waals surface area contributed by atoms with E-state index in [1.165, 1.54) is 6.20 Å². The maximum Gasteiger partial charge on any atom is 0.410 e. The quantitative estimate of drug-likeness (QED) is 0.833. The van der Waals surface area contributed by atoms with E-state index >= 15 is 0 Å². The van der Waals surface area contributed by atoms with Crippen LogP contribution in [0.4, 0.5) is 10.6 Å². The Balaban J connectivity index is 1.63. The number of rotatable bonds is 4. The topological polar surface area (TPSA) is 93.7 Å². The second-order valence-corrected chi connectivity index (χ2v) is 7.35. The number of hydrogen-bond acceptors (Lipinski definition) is 7. The van der Waals surface area contributed by atoms with Crippen LogP contribution < -0.4 is 5.32 Å². The van der Waals surface area contributed by atoms with E-state index in [2.05, 4.69) is 15.3 Å². The Hall–Kier alpha value is -2.38. The van der Waals surface area contributed by atoms with Gasteiger partial charge in [0.25, 0.3) is 0 Å². The SMILES string of the molecule is CCOC(=O)c1nccc(N[C@H]2[C@H]3C[C@H]2N(C(=O)OC(C)(C)C)C3)n1. The molecule has 8 nitrogen and oxygen atoms in total. The Kier molecular flexibility index (Phi) is 4.53. The van der Waals surface area contributed by atoms with E-state index in [4.69, 9.17) is 9.47 Å². The second-order valence-electron chi connectivity index (χ2n) is 7.35. The molecule has 0 aromatic carbocycles. The van der Waals surface area contributed by atoms with Gasteiger partial charge in [-0.15, -0.1) is 0 Å². The Labute approximate surface area is 146 Å². The van der Waals surface area contributed by atoms with E-state index in [0.717, 1.165) is 6.42 Å². The molecule has 1 aromatic rings. The number of amides is 1. The standard InChI is InChI=1S/C17H24N4O4/c1-5-24-15(22)14-18-7-6-12(20-14)19-13-10-8-11(13)21(9-10)16(23)25-17(2,3)4/h6-7,10-11,13H,5,8-9H2,1-4H3,(H,18,19,20)/t10-,11+,13-/m0/s1. The van der Waals surface area contributed by atoms with Gasteiger partial charge >= 0.3 is 12.1 Å². The first-order valence-corrected chi connectivity index (χ1v) is 8.55. The fraction of sp³-hybridized carbons (Fsp3) is 0.647. The highest BCUT2D eigenvalue weighted by atomic mass is 16.6. The summed E-state index contributed by atoms with van der Waals surface area (Å²) >= 11 is 0. The molecule has 2 bridgehead atoms. The smallest absolute Gasteiger partial charge is 0.410 e. The lowest BCUT2D eigenvalue weighted by Gasteiger charge is -2.37. The number of aromatic nitrogens is 2. The Morgan fingerprint density at radius 3 is 2.84 bits per heavy atom. The highest BCUT2D eigenvalue weighted by Crippen LogP contribution is 2.43. The highest BCUT2D eigenvalue weighted by Gasteiger charge is 2.54. The van der Waals surface area contributed by atoms with Gasteiger partial charge in [-0.25, -0.2) is 19.6 Å². The zero-order chi connectivity index (χ0) is 18.2. The summed E-state index contributed by atoms with van der Waals surface area (Å²) in [6, 6.07) is 1.90. The van der Waals surface area contributed by atoms with Crippen LogP contribution in [0.25, 0.3) is 0 Å². The molecular formula is C17H24N4O4. The van der Waals surface area contributed by atoms with E-state index in [9.17, 15) is 9.59 Å². The number of nitrogens with zero attached hydrogens (tertiary/aromatic N) is 3. The number of hydrogen-bond donors (Lipinski definition) is 1. The average molecular weight is 348 g/mol. The van der Waals surface area contributed by atoms with Gasteiger partial charge in [-0.05, 0) is 40.2 Å². The lowest BCUT2D eigenvalue weighted by atomic mass is 9.80. The van der Waals surface area contributed by atoms with E-state index < -0.39 is 11.6 Å². The molecule has 3 aliphatic rings. The van der Waals surface area contributed by atoms with Crippen molar-refractivity contribution in [3.05, 3.63) is 18.1 Å². The van der Waals surface area contributed by atoms with E-state index in [1.807, 2.05) is 20.8 Å². The van der Waals surface area contributed by atoms with Crippen molar-refractivity contribution in [2.24, 2.45) is 5.92 Å². The van der Waals surface area contributed by atoms with Crippen LogP contribution in [-0.2, 0) is 9.47 Å². The van der Waals surface area contributed by atoms with Crippen LogP contribution in [0.1, 0.15) is 44.7 Å². The van der Waals surface area contributed by atoms with E-state index in [0.29, 0.717) is 18.3 Å². The zero-order valence-electron chi connectivity index (χ0n) is 15.0. The van der Waals surface area contributed by atoms with Crippen LogP contribution in [-0.4, -0.2) is 57.8 Å². The molecule has 4 rings (SSSR count). The third kappa shape index (κ3) is 3.67. The van der Waals surface area contributed by atoms with Crippen molar-refractivity contribution in [1.29, 1.82) is 0 Å². The van der Waals surface area contributed by atoms with Crippen LogP contribution in [0.2, 0.25) is 0 Å². The molecule has 8 heteroatoms. The first-order valence-electron chi connectivity index (χ1n) is 8.55. The Bertz CT molecular complexity index is 673. The predicted molar refractivity (Wildman–Crippen MR) is 90.2 cm³/mol. The molecule has 2 saturated heterocycles. The van der Waals surface area contributed by atoms with Crippen LogP contribution in [0.3, 0.4) is 0 Å². The van der Waals surface area contributed by atoms with E-state index in [-0.39, 0.29) is 30.6 Å². The summed E-state index contributed by atoms with van der Waals surface area (Å²) < 4.78 is 10.4. The summed E-state index contributed by atoms with van der Waals surface area (Å²) in [5.41, 5.74) is -0.506. The minimum atomic E-state index is -0.543.